The van der Waals surface area contributed by atoms with Gasteiger partial charge in [0.15, 0.2) is 0 Å². The fourth-order valence-corrected chi connectivity index (χ4v) is 7.67. The molecule has 7 aromatic rings. The lowest BCUT2D eigenvalue weighted by Crippen LogP contribution is -2.15. The van der Waals surface area contributed by atoms with Crippen molar-refractivity contribution >= 4 is 49.3 Å². The normalized spacial score (nSPS) is 17.7. The van der Waals surface area contributed by atoms with Crippen LogP contribution in [-0.2, 0) is 0 Å². The molecule has 46 heavy (non-hydrogen) atoms. The predicted octanol–water partition coefficient (Wildman–Crippen LogP) is 11.0. The first-order chi connectivity index (χ1) is 22.8. The number of aromatic nitrogens is 2. The van der Waals surface area contributed by atoms with Crippen LogP contribution in [0.15, 0.2) is 152 Å². The molecule has 3 heteroatoms. The molecule has 0 fully saturated rings. The third-order valence-electron chi connectivity index (χ3n) is 9.85. The molecule has 2 aliphatic rings. The number of nitrogens with zero attached hydrogens (tertiary/aromatic N) is 3. The highest BCUT2D eigenvalue weighted by Crippen LogP contribution is 2.40. The molecule has 218 valence electrons. The molecule has 0 saturated carbocycles. The van der Waals surface area contributed by atoms with Crippen LogP contribution in [0.25, 0.3) is 66.1 Å². The number of nitriles is 1. The maximum atomic E-state index is 9.56. The van der Waals surface area contributed by atoms with E-state index in [1.165, 1.54) is 49.4 Å². The highest BCUT2D eigenvalue weighted by atomic mass is 15.0. The number of fused-ring (bicyclic) bond motifs is 6. The number of hydrogen-bond donors (Lipinski definition) is 0. The zero-order valence-corrected chi connectivity index (χ0v) is 25.3. The Morgan fingerprint density at radius 2 is 1.22 bits per heavy atom. The highest BCUT2D eigenvalue weighted by Gasteiger charge is 2.23. The fraction of sp³-hybridized carbons (Fsp3) is 0.0930. The number of benzene rings is 5. The van der Waals surface area contributed by atoms with Crippen LogP contribution in [0.2, 0.25) is 0 Å². The summed E-state index contributed by atoms with van der Waals surface area (Å²) < 4.78 is 4.75. The van der Waals surface area contributed by atoms with Crippen molar-refractivity contribution in [2.75, 3.05) is 0 Å². The van der Waals surface area contributed by atoms with Crippen molar-refractivity contribution in [3.05, 3.63) is 157 Å². The van der Waals surface area contributed by atoms with Gasteiger partial charge in [0.1, 0.15) is 0 Å². The van der Waals surface area contributed by atoms with Gasteiger partial charge in [-0.2, -0.15) is 5.26 Å². The summed E-state index contributed by atoms with van der Waals surface area (Å²) in [4.78, 5) is 0. The first-order valence-corrected chi connectivity index (χ1v) is 16.1. The van der Waals surface area contributed by atoms with Gasteiger partial charge >= 0.3 is 0 Å². The van der Waals surface area contributed by atoms with Gasteiger partial charge in [-0.05, 0) is 96.5 Å². The van der Waals surface area contributed by atoms with Crippen LogP contribution in [-0.4, -0.2) is 9.13 Å². The standard InChI is InChI=1S/C43H31N3/c44-28-29-10-8-14-34(24-29)45-40-18-6-4-16-36(40)38-26-32(20-22-42(38)45)33-21-23-43-39(27-33)37-17-5-7-19-41(37)46(43)35-15-9-13-31(25-35)30-11-2-1-3-12-30/h1-11,13-24,26-27,30-31H,12,25H2. The van der Waals surface area contributed by atoms with Crippen LogP contribution in [0.4, 0.5) is 0 Å². The van der Waals surface area contributed by atoms with E-state index in [9.17, 15) is 5.26 Å². The Balaban J connectivity index is 1.17. The molecule has 0 saturated heterocycles. The second-order valence-electron chi connectivity index (χ2n) is 12.5. The van der Waals surface area contributed by atoms with Crippen molar-refractivity contribution in [1.29, 1.82) is 5.26 Å². The van der Waals surface area contributed by atoms with Crippen molar-refractivity contribution in [1.82, 2.24) is 9.13 Å². The summed E-state index contributed by atoms with van der Waals surface area (Å²) in [6, 6.07) is 41.3. The fourth-order valence-electron chi connectivity index (χ4n) is 7.67. The van der Waals surface area contributed by atoms with Crippen LogP contribution >= 0.6 is 0 Å². The largest absolute Gasteiger partial charge is 0.313 e. The molecule has 2 unspecified atom stereocenters. The Hall–Kier alpha value is -5.85. The van der Waals surface area contributed by atoms with Gasteiger partial charge in [-0.15, -0.1) is 0 Å². The van der Waals surface area contributed by atoms with Gasteiger partial charge in [0, 0.05) is 32.9 Å². The Kier molecular flexibility index (Phi) is 6.14. The summed E-state index contributed by atoms with van der Waals surface area (Å²) in [7, 11) is 0. The molecule has 5 aromatic carbocycles. The smallest absolute Gasteiger partial charge is 0.0992 e. The Labute approximate surface area is 267 Å². The van der Waals surface area contributed by atoms with Gasteiger partial charge in [-0.1, -0.05) is 91.1 Å². The molecule has 2 atom stereocenters. The van der Waals surface area contributed by atoms with Crippen molar-refractivity contribution in [3.8, 4) is 22.9 Å². The molecule has 9 rings (SSSR count). The lowest BCUT2D eigenvalue weighted by Gasteiger charge is -2.26. The summed E-state index contributed by atoms with van der Waals surface area (Å²) in [6.45, 7) is 0. The predicted molar refractivity (Wildman–Crippen MR) is 192 cm³/mol. The summed E-state index contributed by atoms with van der Waals surface area (Å²) in [5.74, 6) is 1.04. The molecule has 2 heterocycles. The molecule has 0 bridgehead atoms. The van der Waals surface area contributed by atoms with E-state index in [0.717, 1.165) is 29.6 Å². The quantitative estimate of drug-likeness (QED) is 0.201. The third-order valence-corrected chi connectivity index (χ3v) is 9.85. The number of para-hydroxylation sites is 2. The SMILES string of the molecule is N#Cc1cccc(-n2c3ccccc3c3cc(-c4ccc5c(c4)c4ccccc4n5C4=CC=CC(C5C=CC=CC5)C4)ccc32)c1. The maximum Gasteiger partial charge on any atom is 0.0992 e. The molecule has 2 aromatic heterocycles. The minimum Gasteiger partial charge on any atom is -0.313 e. The van der Waals surface area contributed by atoms with Crippen molar-refractivity contribution in [2.24, 2.45) is 11.8 Å². The van der Waals surface area contributed by atoms with Crippen LogP contribution in [0, 0.1) is 23.2 Å². The van der Waals surface area contributed by atoms with E-state index < -0.39 is 0 Å². The minimum atomic E-state index is 0.493. The van der Waals surface area contributed by atoms with E-state index in [0.29, 0.717) is 17.4 Å². The molecule has 0 radical (unpaired) electrons. The number of allylic oxidation sites excluding steroid dienone is 8. The first kappa shape index (κ1) is 26.5. The van der Waals surface area contributed by atoms with Crippen LogP contribution < -0.4 is 0 Å². The molecule has 0 spiro atoms. The van der Waals surface area contributed by atoms with E-state index >= 15 is 0 Å². The summed E-state index contributed by atoms with van der Waals surface area (Å²) in [5.41, 5.74) is 10.2. The molecule has 3 nitrogen and oxygen atoms in total. The van der Waals surface area contributed by atoms with Crippen molar-refractivity contribution in [2.45, 2.75) is 12.8 Å². The zero-order chi connectivity index (χ0) is 30.6. The van der Waals surface area contributed by atoms with Crippen LogP contribution in [0.3, 0.4) is 0 Å². The van der Waals surface area contributed by atoms with Gasteiger partial charge in [0.2, 0.25) is 0 Å². The van der Waals surface area contributed by atoms with Gasteiger partial charge in [-0.25, -0.2) is 0 Å². The van der Waals surface area contributed by atoms with E-state index in [1.54, 1.807) is 0 Å². The Bertz CT molecular complexity index is 2510. The van der Waals surface area contributed by atoms with E-state index in [2.05, 4.69) is 149 Å². The lowest BCUT2D eigenvalue weighted by atomic mass is 9.82. The average Bonchev–Trinajstić information content (AvgIpc) is 3.64. The van der Waals surface area contributed by atoms with Gasteiger partial charge in [0.25, 0.3) is 0 Å². The molecular weight excluding hydrogens is 558 g/mol. The summed E-state index contributed by atoms with van der Waals surface area (Å²) >= 11 is 0. The molecule has 0 aliphatic heterocycles. The Morgan fingerprint density at radius 1 is 0.565 bits per heavy atom. The molecule has 0 N–H and O–H groups in total. The van der Waals surface area contributed by atoms with Crippen LogP contribution in [0.5, 0.6) is 0 Å². The van der Waals surface area contributed by atoms with E-state index in [-0.39, 0.29) is 0 Å². The van der Waals surface area contributed by atoms with Crippen molar-refractivity contribution in [3.63, 3.8) is 0 Å². The second kappa shape index (κ2) is 10.6. The maximum absolute atomic E-state index is 9.56. The van der Waals surface area contributed by atoms with Crippen molar-refractivity contribution < 1.29 is 0 Å². The molecule has 2 aliphatic carbocycles. The lowest BCUT2D eigenvalue weighted by molar-refractivity contribution is 0.478. The third kappa shape index (κ3) is 4.19. The average molecular weight is 590 g/mol. The second-order valence-corrected chi connectivity index (χ2v) is 12.5. The minimum absolute atomic E-state index is 0.493. The van der Waals surface area contributed by atoms with Gasteiger partial charge in [0.05, 0.1) is 33.7 Å². The summed E-state index contributed by atoms with van der Waals surface area (Å²) in [5, 5.41) is 14.5. The van der Waals surface area contributed by atoms with Gasteiger partial charge in [-0.3, -0.25) is 0 Å². The Morgan fingerprint density at radius 3 is 1.91 bits per heavy atom. The van der Waals surface area contributed by atoms with E-state index in [1.807, 2.05) is 18.2 Å². The highest BCUT2D eigenvalue weighted by molar-refractivity contribution is 6.13. The van der Waals surface area contributed by atoms with E-state index in [4.69, 9.17) is 0 Å². The summed E-state index contributed by atoms with van der Waals surface area (Å²) in [6.07, 6.45) is 18.1. The number of hydrogen-bond acceptors (Lipinski definition) is 1. The molecule has 0 amide bonds. The topological polar surface area (TPSA) is 33.6 Å². The number of rotatable bonds is 4. The van der Waals surface area contributed by atoms with Crippen LogP contribution in [0.1, 0.15) is 18.4 Å². The zero-order valence-electron chi connectivity index (χ0n) is 25.3. The molecular formula is C43H31N3. The monoisotopic (exact) mass is 589 g/mol. The first-order valence-electron chi connectivity index (χ1n) is 16.1. The van der Waals surface area contributed by atoms with Gasteiger partial charge < -0.3 is 9.13 Å².